The van der Waals surface area contributed by atoms with E-state index in [0.717, 1.165) is 18.2 Å². The molecule has 1 fully saturated rings. The van der Waals surface area contributed by atoms with Gasteiger partial charge in [-0.15, -0.1) is 0 Å². The van der Waals surface area contributed by atoms with Crippen LogP contribution in [0.2, 0.25) is 0 Å². The number of ether oxygens (including phenoxy) is 1. The molecule has 0 aromatic carbocycles. The van der Waals surface area contributed by atoms with Crippen LogP contribution in [0.15, 0.2) is 6.07 Å². The average Bonchev–Trinajstić information content (AvgIpc) is 2.96. The standard InChI is InChI=1S/C12H20N4O/c1-4-13-9-7-10(16-12(2)5-6-12)15-11(14-9)8-17-3/h7H,4-6,8H2,1-3H3,(H2,13,14,15,16). The summed E-state index contributed by atoms with van der Waals surface area (Å²) in [7, 11) is 1.65. The number of methoxy groups -OCH3 is 1. The number of anilines is 2. The molecule has 0 aliphatic heterocycles. The summed E-state index contributed by atoms with van der Waals surface area (Å²) in [5.41, 5.74) is 0.224. The second-order valence-electron chi connectivity index (χ2n) is 4.70. The summed E-state index contributed by atoms with van der Waals surface area (Å²) in [6.07, 6.45) is 2.40. The molecule has 1 aliphatic rings. The second kappa shape index (κ2) is 4.87. The smallest absolute Gasteiger partial charge is 0.158 e. The summed E-state index contributed by atoms with van der Waals surface area (Å²) in [6.45, 7) is 5.54. The zero-order valence-electron chi connectivity index (χ0n) is 10.7. The number of nitrogens with one attached hydrogen (secondary N) is 2. The number of hydrogen-bond donors (Lipinski definition) is 2. The SMILES string of the molecule is CCNc1cc(NC2(C)CC2)nc(COC)n1. The van der Waals surface area contributed by atoms with E-state index < -0.39 is 0 Å². The Morgan fingerprint density at radius 3 is 2.65 bits per heavy atom. The van der Waals surface area contributed by atoms with Crippen LogP contribution in [-0.4, -0.2) is 29.2 Å². The molecule has 5 nitrogen and oxygen atoms in total. The fraction of sp³-hybridized carbons (Fsp3) is 0.667. The Kier molecular flexibility index (Phi) is 3.47. The predicted molar refractivity (Wildman–Crippen MR) is 68.2 cm³/mol. The van der Waals surface area contributed by atoms with Crippen molar-refractivity contribution in [2.75, 3.05) is 24.3 Å². The van der Waals surface area contributed by atoms with Crippen molar-refractivity contribution in [3.63, 3.8) is 0 Å². The van der Waals surface area contributed by atoms with E-state index in [4.69, 9.17) is 4.74 Å². The highest BCUT2D eigenvalue weighted by molar-refractivity contribution is 5.49. The van der Waals surface area contributed by atoms with Crippen LogP contribution in [-0.2, 0) is 11.3 Å². The van der Waals surface area contributed by atoms with Gasteiger partial charge >= 0.3 is 0 Å². The van der Waals surface area contributed by atoms with Gasteiger partial charge in [-0.1, -0.05) is 0 Å². The molecule has 1 heterocycles. The summed E-state index contributed by atoms with van der Waals surface area (Å²) in [4.78, 5) is 8.82. The van der Waals surface area contributed by atoms with Crippen molar-refractivity contribution in [2.45, 2.75) is 38.8 Å². The molecule has 1 saturated carbocycles. The minimum atomic E-state index is 0.224. The van der Waals surface area contributed by atoms with E-state index in [1.165, 1.54) is 12.8 Å². The van der Waals surface area contributed by atoms with Crippen molar-refractivity contribution < 1.29 is 4.74 Å². The van der Waals surface area contributed by atoms with Gasteiger partial charge in [0, 0.05) is 25.3 Å². The van der Waals surface area contributed by atoms with Crippen LogP contribution >= 0.6 is 0 Å². The van der Waals surface area contributed by atoms with E-state index in [9.17, 15) is 0 Å². The molecule has 0 unspecified atom stereocenters. The van der Waals surface area contributed by atoms with Crippen LogP contribution in [0.4, 0.5) is 11.6 Å². The van der Waals surface area contributed by atoms with E-state index in [1.54, 1.807) is 7.11 Å². The summed E-state index contributed by atoms with van der Waals surface area (Å²) in [6, 6.07) is 1.95. The third-order valence-corrected chi connectivity index (χ3v) is 2.83. The Morgan fingerprint density at radius 1 is 1.35 bits per heavy atom. The molecule has 0 amide bonds. The Morgan fingerprint density at radius 2 is 2.06 bits per heavy atom. The van der Waals surface area contributed by atoms with E-state index in [2.05, 4.69) is 27.5 Å². The Labute approximate surface area is 102 Å². The van der Waals surface area contributed by atoms with Crippen molar-refractivity contribution in [1.82, 2.24) is 9.97 Å². The molecule has 5 heteroatoms. The van der Waals surface area contributed by atoms with Crippen molar-refractivity contribution in [1.29, 1.82) is 0 Å². The maximum Gasteiger partial charge on any atom is 0.158 e. The Bertz CT molecular complexity index is 366. The Balaban J connectivity index is 2.17. The van der Waals surface area contributed by atoms with Crippen molar-refractivity contribution >= 4 is 11.6 Å². The second-order valence-corrected chi connectivity index (χ2v) is 4.70. The van der Waals surface area contributed by atoms with Crippen LogP contribution in [0, 0.1) is 0 Å². The number of hydrogen-bond acceptors (Lipinski definition) is 5. The number of nitrogens with zero attached hydrogens (tertiary/aromatic N) is 2. The van der Waals surface area contributed by atoms with Crippen LogP contribution < -0.4 is 10.6 Å². The van der Waals surface area contributed by atoms with Gasteiger partial charge in [0.25, 0.3) is 0 Å². The summed E-state index contributed by atoms with van der Waals surface area (Å²) >= 11 is 0. The predicted octanol–water partition coefficient (Wildman–Crippen LogP) is 2.02. The normalized spacial score (nSPS) is 16.6. The lowest BCUT2D eigenvalue weighted by molar-refractivity contribution is 0.178. The monoisotopic (exact) mass is 236 g/mol. The minimum absolute atomic E-state index is 0.224. The first-order chi connectivity index (χ1) is 8.15. The van der Waals surface area contributed by atoms with Crippen molar-refractivity contribution in [3.05, 3.63) is 11.9 Å². The zero-order valence-corrected chi connectivity index (χ0v) is 10.7. The first-order valence-electron chi connectivity index (χ1n) is 6.04. The molecule has 94 valence electrons. The number of rotatable bonds is 6. The van der Waals surface area contributed by atoms with Gasteiger partial charge < -0.3 is 15.4 Å². The first kappa shape index (κ1) is 12.1. The largest absolute Gasteiger partial charge is 0.377 e. The molecule has 2 N–H and O–H groups in total. The fourth-order valence-electron chi connectivity index (χ4n) is 1.65. The zero-order chi connectivity index (χ0) is 12.3. The summed E-state index contributed by atoms with van der Waals surface area (Å²) in [5, 5.41) is 6.65. The van der Waals surface area contributed by atoms with E-state index in [0.29, 0.717) is 12.4 Å². The Hall–Kier alpha value is -1.36. The van der Waals surface area contributed by atoms with Gasteiger partial charge in [-0.3, -0.25) is 0 Å². The average molecular weight is 236 g/mol. The quantitative estimate of drug-likeness (QED) is 0.791. The van der Waals surface area contributed by atoms with Gasteiger partial charge in [0.1, 0.15) is 18.2 Å². The molecule has 1 aliphatic carbocycles. The molecular weight excluding hydrogens is 216 g/mol. The molecule has 1 aromatic rings. The summed E-state index contributed by atoms with van der Waals surface area (Å²) in [5.74, 6) is 2.43. The highest BCUT2D eigenvalue weighted by Crippen LogP contribution is 2.37. The van der Waals surface area contributed by atoms with Gasteiger partial charge in [0.05, 0.1) is 0 Å². The molecule has 0 saturated heterocycles. The fourth-order valence-corrected chi connectivity index (χ4v) is 1.65. The van der Waals surface area contributed by atoms with E-state index in [-0.39, 0.29) is 5.54 Å². The first-order valence-corrected chi connectivity index (χ1v) is 6.04. The molecule has 0 radical (unpaired) electrons. The highest BCUT2D eigenvalue weighted by atomic mass is 16.5. The molecule has 0 atom stereocenters. The molecular formula is C12H20N4O. The third kappa shape index (κ3) is 3.30. The van der Waals surface area contributed by atoms with Crippen LogP contribution in [0.5, 0.6) is 0 Å². The van der Waals surface area contributed by atoms with Crippen LogP contribution in [0.1, 0.15) is 32.5 Å². The molecule has 1 aromatic heterocycles. The summed E-state index contributed by atoms with van der Waals surface area (Å²) < 4.78 is 5.08. The molecule has 0 bridgehead atoms. The van der Waals surface area contributed by atoms with Crippen LogP contribution in [0.3, 0.4) is 0 Å². The minimum Gasteiger partial charge on any atom is -0.377 e. The maximum atomic E-state index is 5.08. The van der Waals surface area contributed by atoms with Gasteiger partial charge in [0.2, 0.25) is 0 Å². The third-order valence-electron chi connectivity index (χ3n) is 2.83. The molecule has 17 heavy (non-hydrogen) atoms. The highest BCUT2D eigenvalue weighted by Gasteiger charge is 2.37. The molecule has 0 spiro atoms. The van der Waals surface area contributed by atoms with Crippen molar-refractivity contribution in [3.8, 4) is 0 Å². The lowest BCUT2D eigenvalue weighted by atomic mass is 10.3. The van der Waals surface area contributed by atoms with Gasteiger partial charge in [0.15, 0.2) is 5.82 Å². The van der Waals surface area contributed by atoms with E-state index in [1.807, 2.05) is 13.0 Å². The topological polar surface area (TPSA) is 59.1 Å². The van der Waals surface area contributed by atoms with Crippen LogP contribution in [0.25, 0.3) is 0 Å². The molecule has 2 rings (SSSR count). The lowest BCUT2D eigenvalue weighted by Crippen LogP contribution is -2.18. The maximum absolute atomic E-state index is 5.08. The van der Waals surface area contributed by atoms with Crippen molar-refractivity contribution in [2.24, 2.45) is 0 Å². The van der Waals surface area contributed by atoms with Gasteiger partial charge in [-0.25, -0.2) is 9.97 Å². The van der Waals surface area contributed by atoms with Gasteiger partial charge in [-0.05, 0) is 26.7 Å². The van der Waals surface area contributed by atoms with E-state index >= 15 is 0 Å². The number of aromatic nitrogens is 2. The lowest BCUT2D eigenvalue weighted by Gasteiger charge is -2.14. The van der Waals surface area contributed by atoms with Gasteiger partial charge in [-0.2, -0.15) is 0 Å².